The molecule has 4 heteroatoms. The summed E-state index contributed by atoms with van der Waals surface area (Å²) in [7, 11) is 0. The Bertz CT molecular complexity index is 650. The van der Waals surface area contributed by atoms with Crippen LogP contribution in [0.5, 0.6) is 0 Å². The second-order valence-electron chi connectivity index (χ2n) is 5.51. The van der Waals surface area contributed by atoms with Crippen molar-refractivity contribution < 1.29 is 4.74 Å². The molecule has 0 radical (unpaired) electrons. The Morgan fingerprint density at radius 3 is 2.57 bits per heavy atom. The predicted octanol–water partition coefficient (Wildman–Crippen LogP) is 3.31. The smallest absolute Gasteiger partial charge is 0.104 e. The van der Waals surface area contributed by atoms with Crippen LogP contribution in [-0.4, -0.2) is 24.7 Å². The van der Waals surface area contributed by atoms with Crippen molar-refractivity contribution in [3.05, 3.63) is 42.0 Å². The number of rotatable bonds is 4. The number of hydrogen-bond donors (Lipinski definition) is 2. The van der Waals surface area contributed by atoms with Crippen LogP contribution in [0.2, 0.25) is 0 Å². The quantitative estimate of drug-likeness (QED) is 0.851. The van der Waals surface area contributed by atoms with Crippen LogP contribution >= 0.6 is 12.2 Å². The van der Waals surface area contributed by atoms with Crippen LogP contribution in [0.4, 0.5) is 5.69 Å². The molecule has 2 aromatic rings. The molecule has 1 aliphatic heterocycles. The Labute approximate surface area is 130 Å². The lowest BCUT2D eigenvalue weighted by atomic mass is 9.99. The summed E-state index contributed by atoms with van der Waals surface area (Å²) in [6.45, 7) is 2.75. The molecular weight excluding hydrogens is 280 g/mol. The van der Waals surface area contributed by atoms with E-state index in [0.717, 1.165) is 49.2 Å². The minimum absolute atomic E-state index is 0.446. The van der Waals surface area contributed by atoms with Gasteiger partial charge in [-0.1, -0.05) is 36.5 Å². The Kier molecular flexibility index (Phi) is 4.36. The number of benzene rings is 2. The van der Waals surface area contributed by atoms with Crippen molar-refractivity contribution in [2.75, 3.05) is 25.1 Å². The van der Waals surface area contributed by atoms with Gasteiger partial charge in [-0.2, -0.15) is 0 Å². The first-order valence-corrected chi connectivity index (χ1v) is 7.79. The summed E-state index contributed by atoms with van der Waals surface area (Å²) in [5.74, 6) is 0.688. The molecular formula is C17H20N2OS. The second-order valence-corrected chi connectivity index (χ2v) is 5.95. The van der Waals surface area contributed by atoms with Crippen LogP contribution in [0.1, 0.15) is 18.4 Å². The van der Waals surface area contributed by atoms with Gasteiger partial charge in [-0.05, 0) is 36.3 Å². The molecule has 0 saturated carbocycles. The van der Waals surface area contributed by atoms with Crippen LogP contribution in [-0.2, 0) is 4.74 Å². The van der Waals surface area contributed by atoms with Gasteiger partial charge in [0.2, 0.25) is 0 Å². The predicted molar refractivity (Wildman–Crippen MR) is 91.9 cm³/mol. The molecule has 1 saturated heterocycles. The van der Waals surface area contributed by atoms with E-state index in [4.69, 9.17) is 22.7 Å². The standard InChI is InChI=1S/C17H20N2OS/c18-17(21)15-5-6-16(14-4-2-1-3-13(14)15)19-11-12-7-9-20-10-8-12/h1-6,12,19H,7-11H2,(H2,18,21). The fraction of sp³-hybridized carbons (Fsp3) is 0.353. The molecule has 0 amide bonds. The van der Waals surface area contributed by atoms with Gasteiger partial charge in [0.25, 0.3) is 0 Å². The lowest BCUT2D eigenvalue weighted by Gasteiger charge is -2.23. The van der Waals surface area contributed by atoms with E-state index in [0.29, 0.717) is 10.9 Å². The maximum Gasteiger partial charge on any atom is 0.104 e. The third kappa shape index (κ3) is 3.17. The highest BCUT2D eigenvalue weighted by molar-refractivity contribution is 7.80. The van der Waals surface area contributed by atoms with E-state index in [1.54, 1.807) is 0 Å². The molecule has 0 spiro atoms. The van der Waals surface area contributed by atoms with Crippen molar-refractivity contribution >= 4 is 33.7 Å². The molecule has 0 atom stereocenters. The van der Waals surface area contributed by atoms with Gasteiger partial charge in [-0.3, -0.25) is 0 Å². The number of fused-ring (bicyclic) bond motifs is 1. The molecule has 3 nitrogen and oxygen atoms in total. The zero-order chi connectivity index (χ0) is 14.7. The molecule has 1 fully saturated rings. The van der Waals surface area contributed by atoms with Crippen molar-refractivity contribution in [3.63, 3.8) is 0 Å². The molecule has 3 rings (SSSR count). The summed E-state index contributed by atoms with van der Waals surface area (Å²) in [5, 5.41) is 5.87. The second kappa shape index (κ2) is 6.41. The van der Waals surface area contributed by atoms with E-state index < -0.39 is 0 Å². The fourth-order valence-electron chi connectivity index (χ4n) is 2.87. The molecule has 0 aliphatic carbocycles. The van der Waals surface area contributed by atoms with Crippen molar-refractivity contribution in [2.24, 2.45) is 11.7 Å². The normalized spacial score (nSPS) is 16.0. The summed E-state index contributed by atoms with van der Waals surface area (Å²) in [6.07, 6.45) is 2.27. The summed E-state index contributed by atoms with van der Waals surface area (Å²) in [5.41, 5.74) is 7.91. The molecule has 21 heavy (non-hydrogen) atoms. The van der Waals surface area contributed by atoms with Crippen LogP contribution in [0.15, 0.2) is 36.4 Å². The van der Waals surface area contributed by atoms with Crippen LogP contribution in [0.25, 0.3) is 10.8 Å². The van der Waals surface area contributed by atoms with Crippen LogP contribution < -0.4 is 11.1 Å². The average molecular weight is 300 g/mol. The summed E-state index contributed by atoms with van der Waals surface area (Å²) in [6, 6.07) is 12.3. The van der Waals surface area contributed by atoms with Gasteiger partial charge >= 0.3 is 0 Å². The zero-order valence-corrected chi connectivity index (χ0v) is 12.8. The van der Waals surface area contributed by atoms with Crippen LogP contribution in [0, 0.1) is 5.92 Å². The van der Waals surface area contributed by atoms with Crippen molar-refractivity contribution in [1.29, 1.82) is 0 Å². The molecule has 0 unspecified atom stereocenters. The van der Waals surface area contributed by atoms with Crippen molar-refractivity contribution in [1.82, 2.24) is 0 Å². The van der Waals surface area contributed by atoms with Crippen molar-refractivity contribution in [3.8, 4) is 0 Å². The molecule has 2 aromatic carbocycles. The first-order chi connectivity index (χ1) is 10.3. The van der Waals surface area contributed by atoms with Gasteiger partial charge in [-0.15, -0.1) is 0 Å². The molecule has 0 aromatic heterocycles. The van der Waals surface area contributed by atoms with E-state index in [1.165, 1.54) is 5.39 Å². The molecule has 0 bridgehead atoms. The number of thiocarbonyl (C=S) groups is 1. The van der Waals surface area contributed by atoms with Crippen LogP contribution in [0.3, 0.4) is 0 Å². The van der Waals surface area contributed by atoms with E-state index >= 15 is 0 Å². The van der Waals surface area contributed by atoms with Gasteiger partial charge in [0.05, 0.1) is 0 Å². The number of anilines is 1. The molecule has 110 valence electrons. The maximum absolute atomic E-state index is 5.82. The summed E-state index contributed by atoms with van der Waals surface area (Å²) >= 11 is 5.14. The highest BCUT2D eigenvalue weighted by Crippen LogP contribution is 2.27. The number of ether oxygens (including phenoxy) is 1. The van der Waals surface area contributed by atoms with E-state index in [1.807, 2.05) is 18.2 Å². The maximum atomic E-state index is 5.82. The summed E-state index contributed by atoms with van der Waals surface area (Å²) < 4.78 is 5.41. The topological polar surface area (TPSA) is 47.3 Å². The van der Waals surface area contributed by atoms with Crippen molar-refractivity contribution in [2.45, 2.75) is 12.8 Å². The minimum Gasteiger partial charge on any atom is -0.389 e. The lowest BCUT2D eigenvalue weighted by molar-refractivity contribution is 0.0699. The SMILES string of the molecule is NC(=S)c1ccc(NCC2CCOCC2)c2ccccc12. The third-order valence-electron chi connectivity index (χ3n) is 4.11. The molecule has 1 heterocycles. The highest BCUT2D eigenvalue weighted by Gasteiger charge is 2.14. The monoisotopic (exact) mass is 300 g/mol. The van der Waals surface area contributed by atoms with Gasteiger partial charge in [0, 0.05) is 36.4 Å². The largest absolute Gasteiger partial charge is 0.389 e. The number of nitrogens with two attached hydrogens (primary N) is 1. The zero-order valence-electron chi connectivity index (χ0n) is 12.0. The van der Waals surface area contributed by atoms with Gasteiger partial charge in [0.1, 0.15) is 4.99 Å². The van der Waals surface area contributed by atoms with Gasteiger partial charge in [-0.25, -0.2) is 0 Å². The minimum atomic E-state index is 0.446. The molecule has 3 N–H and O–H groups in total. The van der Waals surface area contributed by atoms with E-state index in [2.05, 4.69) is 23.5 Å². The fourth-order valence-corrected chi connectivity index (χ4v) is 3.05. The number of nitrogens with one attached hydrogen (secondary N) is 1. The van der Waals surface area contributed by atoms with E-state index in [-0.39, 0.29) is 0 Å². The molecule has 1 aliphatic rings. The summed E-state index contributed by atoms with van der Waals surface area (Å²) in [4.78, 5) is 0.446. The first kappa shape index (κ1) is 14.3. The number of hydrogen-bond acceptors (Lipinski definition) is 3. The first-order valence-electron chi connectivity index (χ1n) is 7.39. The highest BCUT2D eigenvalue weighted by atomic mass is 32.1. The lowest BCUT2D eigenvalue weighted by Crippen LogP contribution is -2.22. The Balaban J connectivity index is 1.85. The van der Waals surface area contributed by atoms with Gasteiger partial charge in [0.15, 0.2) is 0 Å². The Morgan fingerprint density at radius 1 is 1.14 bits per heavy atom. The Hall–Kier alpha value is -1.65. The van der Waals surface area contributed by atoms with Gasteiger partial charge < -0.3 is 15.8 Å². The third-order valence-corrected chi connectivity index (χ3v) is 4.33. The average Bonchev–Trinajstić information content (AvgIpc) is 2.53. The Morgan fingerprint density at radius 2 is 1.86 bits per heavy atom. The van der Waals surface area contributed by atoms with E-state index in [9.17, 15) is 0 Å².